The highest BCUT2D eigenvalue weighted by molar-refractivity contribution is 6.30. The summed E-state index contributed by atoms with van der Waals surface area (Å²) in [6.45, 7) is 4.21. The first kappa shape index (κ1) is 11.5. The molecule has 2 nitrogen and oxygen atoms in total. The topological polar surface area (TPSA) is 12.5 Å². The summed E-state index contributed by atoms with van der Waals surface area (Å²) < 4.78 is 0. The standard InChI is InChI=1S/C13H16ClNO/c1-3-13(11-7-5-4-6-8-11)15-10(2)12(14)9-16-15/h4-10,13H,3H2,1-2H3. The zero-order valence-electron chi connectivity index (χ0n) is 9.56. The van der Waals surface area contributed by atoms with Crippen molar-refractivity contribution in [2.75, 3.05) is 0 Å². The Balaban J connectivity index is 2.19. The second-order valence-electron chi connectivity index (χ2n) is 3.98. The number of halogens is 1. The van der Waals surface area contributed by atoms with E-state index in [4.69, 9.17) is 16.4 Å². The Bertz CT molecular complexity index is 377. The van der Waals surface area contributed by atoms with E-state index in [0.29, 0.717) is 0 Å². The predicted molar refractivity (Wildman–Crippen MR) is 65.8 cm³/mol. The second-order valence-corrected chi connectivity index (χ2v) is 4.42. The van der Waals surface area contributed by atoms with Crippen LogP contribution in [0.3, 0.4) is 0 Å². The lowest BCUT2D eigenvalue weighted by molar-refractivity contribution is -0.137. The summed E-state index contributed by atoms with van der Waals surface area (Å²) in [5, 5.41) is 2.71. The van der Waals surface area contributed by atoms with E-state index in [-0.39, 0.29) is 12.1 Å². The van der Waals surface area contributed by atoms with Crippen LogP contribution in [0, 0.1) is 0 Å². The number of benzene rings is 1. The minimum Gasteiger partial charge on any atom is -0.411 e. The smallest absolute Gasteiger partial charge is 0.127 e. The van der Waals surface area contributed by atoms with E-state index in [1.54, 1.807) is 6.26 Å². The maximum absolute atomic E-state index is 6.04. The van der Waals surface area contributed by atoms with Crippen LogP contribution in [0.15, 0.2) is 41.6 Å². The molecule has 0 fully saturated rings. The Kier molecular flexibility index (Phi) is 3.52. The zero-order valence-corrected chi connectivity index (χ0v) is 10.3. The molecule has 0 spiro atoms. The van der Waals surface area contributed by atoms with E-state index in [2.05, 4.69) is 26.0 Å². The van der Waals surface area contributed by atoms with Crippen molar-refractivity contribution in [1.82, 2.24) is 5.06 Å². The third kappa shape index (κ3) is 2.08. The molecular formula is C13H16ClNO. The Morgan fingerprint density at radius 1 is 1.38 bits per heavy atom. The van der Waals surface area contributed by atoms with Crippen molar-refractivity contribution in [3.05, 3.63) is 47.2 Å². The fourth-order valence-electron chi connectivity index (χ4n) is 2.00. The summed E-state index contributed by atoms with van der Waals surface area (Å²) in [5.41, 5.74) is 1.26. The van der Waals surface area contributed by atoms with Crippen LogP contribution >= 0.6 is 11.6 Å². The first-order valence-corrected chi connectivity index (χ1v) is 5.97. The summed E-state index contributed by atoms with van der Waals surface area (Å²) in [4.78, 5) is 5.52. The lowest BCUT2D eigenvalue weighted by atomic mass is 10.0. The van der Waals surface area contributed by atoms with Crippen molar-refractivity contribution in [3.63, 3.8) is 0 Å². The van der Waals surface area contributed by atoms with Gasteiger partial charge in [0.25, 0.3) is 0 Å². The summed E-state index contributed by atoms with van der Waals surface area (Å²) in [6, 6.07) is 10.8. The molecule has 1 aliphatic heterocycles. The number of nitrogens with zero attached hydrogens (tertiary/aromatic N) is 1. The molecule has 16 heavy (non-hydrogen) atoms. The molecule has 1 aromatic rings. The largest absolute Gasteiger partial charge is 0.411 e. The average molecular weight is 238 g/mol. The average Bonchev–Trinajstić information content (AvgIpc) is 2.64. The van der Waals surface area contributed by atoms with Crippen LogP contribution in [-0.4, -0.2) is 11.1 Å². The van der Waals surface area contributed by atoms with Gasteiger partial charge in [0.2, 0.25) is 0 Å². The number of rotatable bonds is 3. The van der Waals surface area contributed by atoms with Gasteiger partial charge in [-0.1, -0.05) is 48.9 Å². The Morgan fingerprint density at radius 2 is 2.06 bits per heavy atom. The van der Waals surface area contributed by atoms with E-state index < -0.39 is 0 Å². The van der Waals surface area contributed by atoms with Crippen LogP contribution in [0.2, 0.25) is 0 Å². The highest BCUT2D eigenvalue weighted by Gasteiger charge is 2.31. The van der Waals surface area contributed by atoms with E-state index in [9.17, 15) is 0 Å². The molecule has 0 saturated heterocycles. The van der Waals surface area contributed by atoms with Crippen molar-refractivity contribution in [3.8, 4) is 0 Å². The van der Waals surface area contributed by atoms with Crippen molar-refractivity contribution in [2.45, 2.75) is 32.4 Å². The van der Waals surface area contributed by atoms with E-state index in [1.165, 1.54) is 5.56 Å². The number of hydrogen-bond donors (Lipinski definition) is 0. The molecule has 1 heterocycles. The number of hydroxylamine groups is 2. The predicted octanol–water partition coefficient (Wildman–Crippen LogP) is 3.85. The molecule has 0 aliphatic carbocycles. The maximum atomic E-state index is 6.04. The molecule has 2 unspecified atom stereocenters. The molecule has 0 radical (unpaired) electrons. The highest BCUT2D eigenvalue weighted by Crippen LogP contribution is 2.33. The van der Waals surface area contributed by atoms with Gasteiger partial charge in [0, 0.05) is 0 Å². The van der Waals surface area contributed by atoms with Crippen LogP contribution < -0.4 is 0 Å². The van der Waals surface area contributed by atoms with Gasteiger partial charge in [-0.3, -0.25) is 0 Å². The molecule has 0 N–H and O–H groups in total. The van der Waals surface area contributed by atoms with Gasteiger partial charge in [-0.25, -0.2) is 0 Å². The number of hydrogen-bond acceptors (Lipinski definition) is 2. The summed E-state index contributed by atoms with van der Waals surface area (Å²) in [5.74, 6) is 0. The molecule has 0 bridgehead atoms. The first-order chi connectivity index (χ1) is 7.74. The zero-order chi connectivity index (χ0) is 11.5. The van der Waals surface area contributed by atoms with Gasteiger partial charge >= 0.3 is 0 Å². The third-order valence-electron chi connectivity index (χ3n) is 2.95. The quantitative estimate of drug-likeness (QED) is 0.792. The van der Waals surface area contributed by atoms with Crippen molar-refractivity contribution in [2.24, 2.45) is 0 Å². The van der Waals surface area contributed by atoms with E-state index in [1.807, 2.05) is 23.3 Å². The summed E-state index contributed by atoms with van der Waals surface area (Å²) in [7, 11) is 0. The van der Waals surface area contributed by atoms with E-state index >= 15 is 0 Å². The minimum absolute atomic E-state index is 0.131. The Morgan fingerprint density at radius 3 is 2.56 bits per heavy atom. The van der Waals surface area contributed by atoms with Gasteiger partial charge < -0.3 is 4.84 Å². The van der Waals surface area contributed by atoms with Gasteiger partial charge in [0.1, 0.15) is 6.26 Å². The lowest BCUT2D eigenvalue weighted by Crippen LogP contribution is -2.31. The SMILES string of the molecule is CCC(c1ccccc1)N1OC=C(Cl)C1C. The summed E-state index contributed by atoms with van der Waals surface area (Å²) in [6.07, 6.45) is 2.62. The normalized spacial score (nSPS) is 22.7. The molecule has 1 aliphatic rings. The highest BCUT2D eigenvalue weighted by atomic mass is 35.5. The fourth-order valence-corrected chi connectivity index (χ4v) is 2.14. The first-order valence-electron chi connectivity index (χ1n) is 5.59. The molecule has 2 atom stereocenters. The van der Waals surface area contributed by atoms with Crippen LogP contribution in [0.5, 0.6) is 0 Å². The minimum atomic E-state index is 0.131. The van der Waals surface area contributed by atoms with Gasteiger partial charge in [-0.05, 0) is 18.9 Å². The molecule has 0 amide bonds. The van der Waals surface area contributed by atoms with Crippen LogP contribution in [0.4, 0.5) is 0 Å². The van der Waals surface area contributed by atoms with Crippen molar-refractivity contribution < 1.29 is 4.84 Å². The van der Waals surface area contributed by atoms with E-state index in [0.717, 1.165) is 11.5 Å². The van der Waals surface area contributed by atoms with Crippen LogP contribution in [-0.2, 0) is 4.84 Å². The maximum Gasteiger partial charge on any atom is 0.127 e. The molecule has 2 rings (SSSR count). The van der Waals surface area contributed by atoms with Gasteiger partial charge in [0.15, 0.2) is 0 Å². The second kappa shape index (κ2) is 4.89. The van der Waals surface area contributed by atoms with Gasteiger partial charge in [0.05, 0.1) is 17.1 Å². The molecule has 0 aromatic heterocycles. The van der Waals surface area contributed by atoms with Gasteiger partial charge in [-0.2, -0.15) is 0 Å². The fraction of sp³-hybridized carbons (Fsp3) is 0.385. The monoisotopic (exact) mass is 237 g/mol. The Labute approximate surface area is 101 Å². The van der Waals surface area contributed by atoms with Crippen molar-refractivity contribution >= 4 is 11.6 Å². The molecule has 0 saturated carbocycles. The molecule has 3 heteroatoms. The Hall–Kier alpha value is -0.990. The summed E-state index contributed by atoms with van der Waals surface area (Å²) >= 11 is 6.04. The van der Waals surface area contributed by atoms with Crippen molar-refractivity contribution in [1.29, 1.82) is 0 Å². The molecule has 1 aromatic carbocycles. The van der Waals surface area contributed by atoms with Gasteiger partial charge in [-0.15, -0.1) is 5.06 Å². The lowest BCUT2D eigenvalue weighted by Gasteiger charge is -2.29. The van der Waals surface area contributed by atoms with Crippen LogP contribution in [0.1, 0.15) is 31.9 Å². The third-order valence-corrected chi connectivity index (χ3v) is 3.35. The van der Waals surface area contributed by atoms with Crippen LogP contribution in [0.25, 0.3) is 0 Å². The molecular weight excluding hydrogens is 222 g/mol. The molecule has 86 valence electrons.